The number of carbonyl (C=O) groups is 4. The van der Waals surface area contributed by atoms with Crippen LogP contribution in [0, 0.1) is 0 Å². The molecule has 0 saturated carbocycles. The van der Waals surface area contributed by atoms with Crippen LogP contribution in [0.2, 0.25) is 0 Å². The highest BCUT2D eigenvalue weighted by atomic mass is 16.7. The van der Waals surface area contributed by atoms with Gasteiger partial charge in [0.15, 0.2) is 18.5 Å². The van der Waals surface area contributed by atoms with Crippen LogP contribution in [0.5, 0.6) is 0 Å². The number of esters is 3. The Labute approximate surface area is 329 Å². The fourth-order valence-corrected chi connectivity index (χ4v) is 6.14. The highest BCUT2D eigenvalue weighted by molar-refractivity contribution is 5.91. The maximum Gasteiger partial charge on any atom is 0.338 e. The van der Waals surface area contributed by atoms with Crippen LogP contribution in [-0.2, 0) is 28.5 Å². The highest BCUT2D eigenvalue weighted by Crippen LogP contribution is 2.29. The molecule has 3 N–H and O–H groups in total. The van der Waals surface area contributed by atoms with Crippen molar-refractivity contribution in [1.29, 1.82) is 0 Å². The molecule has 1 fully saturated rings. The van der Waals surface area contributed by atoms with Gasteiger partial charge >= 0.3 is 17.9 Å². The quantitative estimate of drug-likeness (QED) is 0.0451. The molecule has 0 aliphatic carbocycles. The van der Waals surface area contributed by atoms with E-state index in [0.29, 0.717) is 18.4 Å². The SMILES string of the molecule is CCCCCCC=C[C@@H](OC(=O)c1ccccc1)[C@H](CO[C@H]1O[C@H](CO)[C@H](O)[C@H](OC(=O)c2ccccc2)[C@H]1OC(=O)c1ccccc1)NC(=O)CCCCC. The van der Waals surface area contributed by atoms with Crippen molar-refractivity contribution in [3.63, 3.8) is 0 Å². The van der Waals surface area contributed by atoms with E-state index in [1.165, 1.54) is 24.3 Å². The Morgan fingerprint density at radius 3 is 1.82 bits per heavy atom. The fourth-order valence-electron chi connectivity index (χ4n) is 6.14. The lowest BCUT2D eigenvalue weighted by Crippen LogP contribution is -2.62. The first kappa shape index (κ1) is 43.8. The number of ether oxygens (including phenoxy) is 5. The molecule has 12 nitrogen and oxygen atoms in total. The predicted octanol–water partition coefficient (Wildman–Crippen LogP) is 6.35. The summed E-state index contributed by atoms with van der Waals surface area (Å²) in [5, 5.41) is 24.6. The zero-order valence-corrected chi connectivity index (χ0v) is 32.2. The van der Waals surface area contributed by atoms with Crippen molar-refractivity contribution in [3.8, 4) is 0 Å². The number of unbranched alkanes of at least 4 members (excludes halogenated alkanes) is 6. The van der Waals surface area contributed by atoms with Gasteiger partial charge in [0.05, 0.1) is 35.9 Å². The predicted molar refractivity (Wildman–Crippen MR) is 209 cm³/mol. The Morgan fingerprint density at radius 2 is 1.27 bits per heavy atom. The molecule has 0 bridgehead atoms. The maximum atomic E-state index is 13.5. The number of hydrogen-bond acceptors (Lipinski definition) is 11. The first-order chi connectivity index (χ1) is 27.2. The van der Waals surface area contributed by atoms with Crippen LogP contribution in [0.1, 0.15) is 103 Å². The minimum absolute atomic E-state index is 0.173. The summed E-state index contributed by atoms with van der Waals surface area (Å²) in [5.41, 5.74) is 0.661. The van der Waals surface area contributed by atoms with E-state index < -0.39 is 67.4 Å². The lowest BCUT2D eigenvalue weighted by atomic mass is 9.98. The zero-order chi connectivity index (χ0) is 40.1. The smallest absolute Gasteiger partial charge is 0.338 e. The molecular weight excluding hydrogens is 718 g/mol. The molecular formula is C44H55NO11. The normalized spacial score (nSPS) is 20.5. The van der Waals surface area contributed by atoms with E-state index in [9.17, 15) is 29.4 Å². The molecule has 12 heteroatoms. The second-order valence-corrected chi connectivity index (χ2v) is 13.7. The third-order valence-electron chi connectivity index (χ3n) is 9.30. The molecule has 3 aromatic rings. The Hall–Kier alpha value is -4.88. The number of aliphatic hydroxyl groups is 2. The van der Waals surface area contributed by atoms with Crippen LogP contribution in [-0.4, -0.2) is 90.1 Å². The number of allylic oxidation sites excluding steroid dienone is 1. The number of carbonyl (C=O) groups excluding carboxylic acids is 4. The summed E-state index contributed by atoms with van der Waals surface area (Å²) in [7, 11) is 0. The lowest BCUT2D eigenvalue weighted by Gasteiger charge is -2.43. The molecule has 4 rings (SSSR count). The summed E-state index contributed by atoms with van der Waals surface area (Å²) in [6.07, 6.45) is 2.50. The van der Waals surface area contributed by atoms with Crippen molar-refractivity contribution < 1.29 is 53.1 Å². The Bertz CT molecular complexity index is 1650. The van der Waals surface area contributed by atoms with Crippen molar-refractivity contribution in [2.75, 3.05) is 13.2 Å². The minimum atomic E-state index is -1.63. The Balaban J connectivity index is 1.67. The molecule has 1 aliphatic rings. The van der Waals surface area contributed by atoms with Gasteiger partial charge in [-0.05, 0) is 61.7 Å². The summed E-state index contributed by atoms with van der Waals surface area (Å²) in [5.74, 6) is -2.54. The number of aliphatic hydroxyl groups excluding tert-OH is 2. The van der Waals surface area contributed by atoms with Gasteiger partial charge in [-0.25, -0.2) is 14.4 Å². The summed E-state index contributed by atoms with van der Waals surface area (Å²) in [6, 6.07) is 23.6. The molecule has 302 valence electrons. The van der Waals surface area contributed by atoms with Crippen LogP contribution in [0.25, 0.3) is 0 Å². The van der Waals surface area contributed by atoms with Crippen molar-refractivity contribution >= 4 is 23.8 Å². The number of benzene rings is 3. The van der Waals surface area contributed by atoms with Crippen molar-refractivity contribution in [2.24, 2.45) is 0 Å². The topological polar surface area (TPSA) is 167 Å². The standard InChI is InChI=1S/C44H55NO11/c1-3-5-7-8-9-20-27-35(53-41(49)31-21-14-10-15-22-31)34(45-37(47)28-13-6-4-2)30-52-44-40(56-43(51)33-25-18-12-19-26-33)39(38(48)36(29-46)54-44)55-42(50)32-23-16-11-17-24-32/h10-12,14-27,34-36,38-40,44,46,48H,3-9,13,28-30H2,1-2H3,(H,45,47)/t34-,35+,36+,38-,39-,40+,44-/m0/s1. The fraction of sp³-hybridized carbons (Fsp3) is 0.455. The van der Waals surface area contributed by atoms with Gasteiger partial charge in [-0.2, -0.15) is 0 Å². The van der Waals surface area contributed by atoms with Gasteiger partial charge in [-0.1, -0.05) is 107 Å². The second-order valence-electron chi connectivity index (χ2n) is 13.7. The summed E-state index contributed by atoms with van der Waals surface area (Å²) < 4.78 is 30.0. The van der Waals surface area contributed by atoms with E-state index >= 15 is 0 Å². The van der Waals surface area contributed by atoms with Gasteiger partial charge < -0.3 is 39.2 Å². The van der Waals surface area contributed by atoms with Crippen molar-refractivity contribution in [2.45, 2.75) is 114 Å². The minimum Gasteiger partial charge on any atom is -0.452 e. The first-order valence-electron chi connectivity index (χ1n) is 19.6. The molecule has 1 aliphatic heterocycles. The Morgan fingerprint density at radius 1 is 0.732 bits per heavy atom. The lowest BCUT2D eigenvalue weighted by molar-refractivity contribution is -0.300. The maximum absolute atomic E-state index is 13.5. The van der Waals surface area contributed by atoms with Crippen LogP contribution >= 0.6 is 0 Å². The van der Waals surface area contributed by atoms with Gasteiger partial charge in [0.25, 0.3) is 0 Å². The molecule has 0 aromatic heterocycles. The third-order valence-corrected chi connectivity index (χ3v) is 9.30. The van der Waals surface area contributed by atoms with Crippen LogP contribution in [0.15, 0.2) is 103 Å². The summed E-state index contributed by atoms with van der Waals surface area (Å²) in [6.45, 7) is 3.12. The van der Waals surface area contributed by atoms with E-state index in [2.05, 4.69) is 12.2 Å². The third kappa shape index (κ3) is 13.7. The highest BCUT2D eigenvalue weighted by Gasteiger charge is 2.51. The molecule has 1 saturated heterocycles. The molecule has 3 aromatic carbocycles. The molecule has 0 spiro atoms. The van der Waals surface area contributed by atoms with Gasteiger partial charge in [0.1, 0.15) is 18.3 Å². The van der Waals surface area contributed by atoms with E-state index in [4.69, 9.17) is 23.7 Å². The number of nitrogens with one attached hydrogen (secondary N) is 1. The monoisotopic (exact) mass is 773 g/mol. The molecule has 7 atom stereocenters. The zero-order valence-electron chi connectivity index (χ0n) is 32.2. The summed E-state index contributed by atoms with van der Waals surface area (Å²) >= 11 is 0. The molecule has 56 heavy (non-hydrogen) atoms. The Kier molecular flexibility index (Phi) is 18.7. The van der Waals surface area contributed by atoms with E-state index in [-0.39, 0.29) is 30.1 Å². The first-order valence-corrected chi connectivity index (χ1v) is 19.6. The van der Waals surface area contributed by atoms with Crippen LogP contribution < -0.4 is 5.32 Å². The van der Waals surface area contributed by atoms with Gasteiger partial charge in [-0.3, -0.25) is 4.79 Å². The van der Waals surface area contributed by atoms with E-state index in [0.717, 1.165) is 38.5 Å². The van der Waals surface area contributed by atoms with E-state index in [1.54, 1.807) is 72.8 Å². The van der Waals surface area contributed by atoms with Crippen LogP contribution in [0.4, 0.5) is 0 Å². The average Bonchev–Trinajstić information content (AvgIpc) is 3.23. The molecule has 1 amide bonds. The van der Waals surface area contributed by atoms with Gasteiger partial charge in [0, 0.05) is 6.42 Å². The van der Waals surface area contributed by atoms with Crippen molar-refractivity contribution in [3.05, 3.63) is 120 Å². The van der Waals surface area contributed by atoms with Gasteiger partial charge in [0.2, 0.25) is 5.91 Å². The average molecular weight is 774 g/mol. The van der Waals surface area contributed by atoms with Crippen LogP contribution in [0.3, 0.4) is 0 Å². The number of amides is 1. The number of rotatable bonds is 22. The van der Waals surface area contributed by atoms with E-state index in [1.807, 2.05) is 13.0 Å². The molecule has 0 radical (unpaired) electrons. The largest absolute Gasteiger partial charge is 0.452 e. The molecule has 1 heterocycles. The van der Waals surface area contributed by atoms with Crippen molar-refractivity contribution in [1.82, 2.24) is 5.32 Å². The summed E-state index contributed by atoms with van der Waals surface area (Å²) in [4.78, 5) is 53.6. The second kappa shape index (κ2) is 23.9. The molecule has 0 unspecified atom stereocenters. The number of hydrogen-bond donors (Lipinski definition) is 3. The van der Waals surface area contributed by atoms with Gasteiger partial charge in [-0.15, -0.1) is 0 Å².